The standard InChI is InChI=1S/C4H4NOS/c1-7-4-2-3-5-6-4/h2-3H,1H2. The number of hydrogen-bond donors (Lipinski definition) is 0. The van der Waals surface area contributed by atoms with Gasteiger partial charge in [0.2, 0.25) is 0 Å². The Hall–Kier alpha value is -0.440. The van der Waals surface area contributed by atoms with Crippen LogP contribution in [0.15, 0.2) is 21.9 Å². The molecule has 0 aliphatic carbocycles. The SMILES string of the molecule is [CH2]Sc1ccno1. The Bertz CT molecular complexity index is 126. The first-order valence-corrected chi connectivity index (χ1v) is 2.75. The summed E-state index contributed by atoms with van der Waals surface area (Å²) >= 11 is 1.30. The Kier molecular flexibility index (Phi) is 1.36. The Morgan fingerprint density at radius 3 is 3.00 bits per heavy atom. The van der Waals surface area contributed by atoms with Gasteiger partial charge in [-0.3, -0.25) is 0 Å². The van der Waals surface area contributed by atoms with Crippen molar-refractivity contribution >= 4 is 11.8 Å². The highest BCUT2D eigenvalue weighted by Crippen LogP contribution is 2.12. The molecule has 1 radical (unpaired) electrons. The zero-order valence-corrected chi connectivity index (χ0v) is 4.44. The molecule has 0 saturated carbocycles. The summed E-state index contributed by atoms with van der Waals surface area (Å²) in [7, 11) is 0. The molecule has 1 aromatic rings. The van der Waals surface area contributed by atoms with Crippen molar-refractivity contribution in [3.63, 3.8) is 0 Å². The molecule has 0 aliphatic rings. The van der Waals surface area contributed by atoms with E-state index in [0.717, 1.165) is 5.09 Å². The molecule has 0 bridgehead atoms. The normalized spacial score (nSPS) is 9.29. The predicted octanol–water partition coefficient (Wildman–Crippen LogP) is 1.56. The van der Waals surface area contributed by atoms with Crippen LogP contribution in [0.3, 0.4) is 0 Å². The summed E-state index contributed by atoms with van der Waals surface area (Å²) in [6, 6.07) is 1.76. The molecule has 0 aliphatic heterocycles. The lowest BCUT2D eigenvalue weighted by atomic mass is 10.8. The van der Waals surface area contributed by atoms with Gasteiger partial charge in [-0.2, -0.15) is 0 Å². The van der Waals surface area contributed by atoms with Crippen LogP contribution in [0.25, 0.3) is 0 Å². The van der Waals surface area contributed by atoms with E-state index in [2.05, 4.69) is 15.9 Å². The van der Waals surface area contributed by atoms with Gasteiger partial charge in [0.15, 0.2) is 5.09 Å². The molecule has 2 nitrogen and oxygen atoms in total. The third-order valence-corrected chi connectivity index (χ3v) is 1.05. The molecule has 0 aromatic carbocycles. The maximum atomic E-state index is 4.63. The van der Waals surface area contributed by atoms with Gasteiger partial charge in [-0.1, -0.05) is 16.9 Å². The molecule has 0 N–H and O–H groups in total. The lowest BCUT2D eigenvalue weighted by Gasteiger charge is -1.75. The van der Waals surface area contributed by atoms with Gasteiger partial charge < -0.3 is 4.52 Å². The second-order valence-electron chi connectivity index (χ2n) is 0.976. The van der Waals surface area contributed by atoms with E-state index in [0.29, 0.717) is 0 Å². The molecule has 7 heavy (non-hydrogen) atoms. The summed E-state index contributed by atoms with van der Waals surface area (Å²) in [4.78, 5) is 0. The van der Waals surface area contributed by atoms with E-state index in [-0.39, 0.29) is 0 Å². The fourth-order valence-electron chi connectivity index (χ4n) is 0.279. The molecule has 0 atom stereocenters. The molecule has 0 amide bonds. The average molecular weight is 114 g/mol. The van der Waals surface area contributed by atoms with Crippen LogP contribution < -0.4 is 0 Å². The molecule has 0 saturated heterocycles. The molecule has 3 heteroatoms. The van der Waals surface area contributed by atoms with Crippen molar-refractivity contribution in [2.75, 3.05) is 0 Å². The minimum atomic E-state index is 0.750. The van der Waals surface area contributed by atoms with Gasteiger partial charge in [-0.05, 0) is 0 Å². The topological polar surface area (TPSA) is 26.0 Å². The van der Waals surface area contributed by atoms with Crippen molar-refractivity contribution in [1.29, 1.82) is 0 Å². The van der Waals surface area contributed by atoms with Crippen molar-refractivity contribution in [3.8, 4) is 0 Å². The van der Waals surface area contributed by atoms with E-state index in [1.807, 2.05) is 0 Å². The van der Waals surface area contributed by atoms with Crippen LogP contribution in [0.2, 0.25) is 0 Å². The molecular formula is C4H4NOS. The van der Waals surface area contributed by atoms with Crippen LogP contribution in [0.4, 0.5) is 0 Å². The third kappa shape index (κ3) is 0.962. The first-order valence-electron chi connectivity index (χ1n) is 1.76. The van der Waals surface area contributed by atoms with E-state index in [1.165, 1.54) is 11.8 Å². The summed E-state index contributed by atoms with van der Waals surface area (Å²) in [5.74, 6) is 0. The monoisotopic (exact) mass is 114 g/mol. The van der Waals surface area contributed by atoms with Crippen molar-refractivity contribution in [2.45, 2.75) is 5.09 Å². The lowest BCUT2D eigenvalue weighted by Crippen LogP contribution is -1.49. The molecule has 0 spiro atoms. The van der Waals surface area contributed by atoms with Gasteiger partial charge >= 0.3 is 0 Å². The Labute approximate surface area is 45.9 Å². The summed E-state index contributed by atoms with van der Waals surface area (Å²) in [5, 5.41) is 4.21. The van der Waals surface area contributed by atoms with Crippen molar-refractivity contribution < 1.29 is 4.52 Å². The van der Waals surface area contributed by atoms with Crippen molar-refractivity contribution in [2.24, 2.45) is 0 Å². The van der Waals surface area contributed by atoms with Crippen molar-refractivity contribution in [1.82, 2.24) is 5.16 Å². The van der Waals surface area contributed by atoms with Gasteiger partial charge in [-0.15, -0.1) is 0 Å². The van der Waals surface area contributed by atoms with Crippen LogP contribution >= 0.6 is 11.8 Å². The van der Waals surface area contributed by atoms with Crippen LogP contribution in [-0.2, 0) is 0 Å². The average Bonchev–Trinajstić information content (AvgIpc) is 2.14. The molecule has 0 unspecified atom stereocenters. The number of nitrogens with zero attached hydrogens (tertiary/aromatic N) is 1. The Morgan fingerprint density at radius 2 is 2.71 bits per heavy atom. The van der Waals surface area contributed by atoms with Crippen LogP contribution in [0.1, 0.15) is 0 Å². The maximum absolute atomic E-state index is 4.63. The number of hydrogen-bond acceptors (Lipinski definition) is 3. The van der Waals surface area contributed by atoms with Crippen molar-refractivity contribution in [3.05, 3.63) is 18.5 Å². The van der Waals surface area contributed by atoms with Crippen LogP contribution in [0.5, 0.6) is 0 Å². The fourth-order valence-corrected chi connectivity index (χ4v) is 0.531. The highest BCUT2D eigenvalue weighted by atomic mass is 32.2. The van der Waals surface area contributed by atoms with Gasteiger partial charge in [0.25, 0.3) is 0 Å². The van der Waals surface area contributed by atoms with Gasteiger partial charge in [0.05, 0.1) is 6.20 Å². The molecule has 1 heterocycles. The Balaban J connectivity index is 2.76. The second kappa shape index (κ2) is 2.02. The first-order chi connectivity index (χ1) is 3.43. The second-order valence-corrected chi connectivity index (χ2v) is 1.67. The summed E-state index contributed by atoms with van der Waals surface area (Å²) in [6.07, 6.45) is 5.10. The molecular weight excluding hydrogens is 110 g/mol. The van der Waals surface area contributed by atoms with E-state index in [9.17, 15) is 0 Å². The highest BCUT2D eigenvalue weighted by molar-refractivity contribution is 8.00. The van der Waals surface area contributed by atoms with Gasteiger partial charge in [-0.25, -0.2) is 0 Å². The molecule has 0 fully saturated rings. The first kappa shape index (κ1) is 4.71. The zero-order chi connectivity index (χ0) is 5.11. The maximum Gasteiger partial charge on any atom is 0.193 e. The zero-order valence-electron chi connectivity index (χ0n) is 3.63. The van der Waals surface area contributed by atoms with Crippen LogP contribution in [0, 0.1) is 6.26 Å². The minimum absolute atomic E-state index is 0.750. The van der Waals surface area contributed by atoms with Gasteiger partial charge in [0.1, 0.15) is 0 Å². The molecule has 37 valence electrons. The summed E-state index contributed by atoms with van der Waals surface area (Å²) < 4.78 is 4.63. The summed E-state index contributed by atoms with van der Waals surface area (Å²) in [5.41, 5.74) is 0. The number of rotatable bonds is 1. The van der Waals surface area contributed by atoms with Crippen LogP contribution in [-0.4, -0.2) is 5.16 Å². The van der Waals surface area contributed by atoms with E-state index in [4.69, 9.17) is 0 Å². The Morgan fingerprint density at radius 1 is 1.86 bits per heavy atom. The molecule has 1 aromatic heterocycles. The smallest absolute Gasteiger partial charge is 0.193 e. The number of aromatic nitrogens is 1. The van der Waals surface area contributed by atoms with E-state index in [1.54, 1.807) is 12.3 Å². The summed E-state index contributed by atoms with van der Waals surface area (Å²) in [6.45, 7) is 0. The largest absolute Gasteiger partial charge is 0.350 e. The highest BCUT2D eigenvalue weighted by Gasteiger charge is 1.87. The fraction of sp³-hybridized carbons (Fsp3) is 0. The number of thioether (sulfide) groups is 1. The predicted molar refractivity (Wildman–Crippen MR) is 27.7 cm³/mol. The van der Waals surface area contributed by atoms with Gasteiger partial charge in [0, 0.05) is 12.3 Å². The minimum Gasteiger partial charge on any atom is -0.350 e. The van der Waals surface area contributed by atoms with E-state index < -0.39 is 0 Å². The molecule has 1 rings (SSSR count). The third-order valence-electron chi connectivity index (χ3n) is 0.556. The quantitative estimate of drug-likeness (QED) is 0.518. The lowest BCUT2D eigenvalue weighted by molar-refractivity contribution is 0.350. The van der Waals surface area contributed by atoms with E-state index >= 15 is 0 Å².